The molecule has 1 aromatic carbocycles. The number of hydrogen-bond donors (Lipinski definition) is 1. The van der Waals surface area contributed by atoms with E-state index in [9.17, 15) is 28.0 Å². The summed E-state index contributed by atoms with van der Waals surface area (Å²) in [6, 6.07) is 3.12. The van der Waals surface area contributed by atoms with Gasteiger partial charge in [-0.05, 0) is 31.9 Å². The molecule has 3 amide bonds. The van der Waals surface area contributed by atoms with Crippen LogP contribution in [-0.2, 0) is 23.9 Å². The highest BCUT2D eigenvalue weighted by Gasteiger charge is 2.47. The van der Waals surface area contributed by atoms with Gasteiger partial charge in [0.25, 0.3) is 5.91 Å². The van der Waals surface area contributed by atoms with Gasteiger partial charge in [0.2, 0.25) is 11.8 Å². The Kier molecular flexibility index (Phi) is 6.24. The van der Waals surface area contributed by atoms with E-state index in [1.54, 1.807) is 0 Å². The van der Waals surface area contributed by atoms with Crippen LogP contribution < -0.4 is 5.32 Å². The topological polar surface area (TPSA) is 92.8 Å². The fraction of sp³-hybridized carbons (Fsp3) is 0.500. The second-order valence-electron chi connectivity index (χ2n) is 7.29. The largest absolute Gasteiger partial charge is 0.452 e. The van der Waals surface area contributed by atoms with E-state index in [0.29, 0.717) is 12.8 Å². The van der Waals surface area contributed by atoms with Gasteiger partial charge in [-0.15, -0.1) is 0 Å². The number of fused-ring (bicyclic) bond motifs is 1. The Hall–Kier alpha value is -2.84. The van der Waals surface area contributed by atoms with E-state index in [1.165, 1.54) is 6.92 Å². The van der Waals surface area contributed by atoms with Gasteiger partial charge < -0.3 is 10.1 Å². The third-order valence-electron chi connectivity index (χ3n) is 5.36. The lowest BCUT2D eigenvalue weighted by Crippen LogP contribution is -2.35. The molecule has 1 saturated carbocycles. The summed E-state index contributed by atoms with van der Waals surface area (Å²) in [4.78, 5) is 49.9. The number of nitrogens with one attached hydrogen (secondary N) is 1. The number of halogens is 2. The first-order valence-electron chi connectivity index (χ1n) is 9.59. The number of amides is 3. The number of rotatable bonds is 6. The summed E-state index contributed by atoms with van der Waals surface area (Å²) < 4.78 is 32.2. The molecule has 3 rings (SSSR count). The van der Waals surface area contributed by atoms with Gasteiger partial charge in [0.15, 0.2) is 6.10 Å². The van der Waals surface area contributed by atoms with E-state index >= 15 is 0 Å². The molecule has 2 fully saturated rings. The Morgan fingerprint density at radius 1 is 1.14 bits per heavy atom. The van der Waals surface area contributed by atoms with Gasteiger partial charge >= 0.3 is 5.97 Å². The van der Waals surface area contributed by atoms with Crippen LogP contribution in [0.1, 0.15) is 39.0 Å². The summed E-state index contributed by atoms with van der Waals surface area (Å²) in [6.45, 7) is 1.15. The maximum Gasteiger partial charge on any atom is 0.308 e. The molecule has 0 unspecified atom stereocenters. The first-order valence-corrected chi connectivity index (χ1v) is 9.59. The molecule has 1 saturated heterocycles. The predicted octanol–water partition coefficient (Wildman–Crippen LogP) is 2.40. The molecule has 1 heterocycles. The maximum atomic E-state index is 13.6. The third-order valence-corrected chi connectivity index (χ3v) is 5.36. The lowest BCUT2D eigenvalue weighted by molar-refractivity contribution is -0.154. The minimum Gasteiger partial charge on any atom is -0.452 e. The van der Waals surface area contributed by atoms with Gasteiger partial charge in [0, 0.05) is 6.54 Å². The number of hydrogen-bond acceptors (Lipinski definition) is 5. The lowest BCUT2D eigenvalue weighted by Gasteiger charge is -2.19. The number of anilines is 1. The second kappa shape index (κ2) is 8.67. The van der Waals surface area contributed by atoms with Crippen LogP contribution >= 0.6 is 0 Å². The molecule has 1 aromatic rings. The van der Waals surface area contributed by atoms with E-state index in [1.807, 2.05) is 5.32 Å². The van der Waals surface area contributed by atoms with Gasteiger partial charge in [-0.1, -0.05) is 18.9 Å². The highest BCUT2D eigenvalue weighted by atomic mass is 19.1. The zero-order valence-electron chi connectivity index (χ0n) is 16.0. The summed E-state index contributed by atoms with van der Waals surface area (Å²) >= 11 is 0. The van der Waals surface area contributed by atoms with Crippen LogP contribution in [-0.4, -0.2) is 41.2 Å². The van der Waals surface area contributed by atoms with Crippen molar-refractivity contribution in [1.29, 1.82) is 0 Å². The standard InChI is InChI=1S/C20H22F2N2O5/c1-11(18(26)23-17-14(21)7-4-8-15(17)22)29-16(25)9-10-24-19(27)12-5-2-3-6-13(12)20(24)28/h4,7-8,11-13H,2-3,5-6,9-10H2,1H3,(H,23,26)/t11-,12+,13+/m1/s1. The van der Waals surface area contributed by atoms with Crippen molar-refractivity contribution in [3.8, 4) is 0 Å². The van der Waals surface area contributed by atoms with Crippen LogP contribution in [0.4, 0.5) is 14.5 Å². The molecule has 29 heavy (non-hydrogen) atoms. The molecule has 7 nitrogen and oxygen atoms in total. The van der Waals surface area contributed by atoms with E-state index < -0.39 is 35.3 Å². The zero-order valence-corrected chi connectivity index (χ0v) is 16.0. The molecular formula is C20H22F2N2O5. The molecule has 0 aromatic heterocycles. The number of nitrogens with zero attached hydrogens (tertiary/aromatic N) is 1. The van der Waals surface area contributed by atoms with E-state index in [4.69, 9.17) is 4.74 Å². The number of benzene rings is 1. The van der Waals surface area contributed by atoms with Gasteiger partial charge in [-0.25, -0.2) is 8.78 Å². The van der Waals surface area contributed by atoms with Crippen molar-refractivity contribution < 1.29 is 32.7 Å². The van der Waals surface area contributed by atoms with Gasteiger partial charge in [0.05, 0.1) is 18.3 Å². The first kappa shape index (κ1) is 20.9. The number of imide groups is 1. The SMILES string of the molecule is C[C@@H](OC(=O)CCN1C(=O)[C@H]2CCCC[C@@H]2C1=O)C(=O)Nc1c(F)cccc1F. The van der Waals surface area contributed by atoms with Crippen LogP contribution in [0.2, 0.25) is 0 Å². The number of carbonyl (C=O) groups is 4. The summed E-state index contributed by atoms with van der Waals surface area (Å²) in [6.07, 6.45) is 1.60. The van der Waals surface area contributed by atoms with Crippen LogP contribution in [0.5, 0.6) is 0 Å². The van der Waals surface area contributed by atoms with Gasteiger partial charge in [-0.3, -0.25) is 24.1 Å². The Bertz CT molecular complexity index is 800. The van der Waals surface area contributed by atoms with Crippen molar-refractivity contribution in [3.63, 3.8) is 0 Å². The van der Waals surface area contributed by atoms with Gasteiger partial charge in [0.1, 0.15) is 17.3 Å². The molecule has 0 radical (unpaired) electrons. The highest BCUT2D eigenvalue weighted by molar-refractivity contribution is 6.05. The van der Waals surface area contributed by atoms with Gasteiger partial charge in [-0.2, -0.15) is 0 Å². The number of esters is 1. The summed E-state index contributed by atoms with van der Waals surface area (Å²) in [5.74, 6) is -4.71. The van der Waals surface area contributed by atoms with Crippen LogP contribution in [0.3, 0.4) is 0 Å². The fourth-order valence-electron chi connectivity index (χ4n) is 3.81. The average Bonchev–Trinajstić information content (AvgIpc) is 2.93. The summed E-state index contributed by atoms with van der Waals surface area (Å²) in [7, 11) is 0. The molecule has 1 aliphatic heterocycles. The van der Waals surface area contributed by atoms with Crippen molar-refractivity contribution in [2.45, 2.75) is 45.1 Å². The molecular weight excluding hydrogens is 386 g/mol. The molecule has 1 N–H and O–H groups in total. The normalized spacial score (nSPS) is 22.2. The zero-order chi connectivity index (χ0) is 21.1. The third kappa shape index (κ3) is 4.44. The second-order valence-corrected chi connectivity index (χ2v) is 7.29. The molecule has 9 heteroatoms. The minimum absolute atomic E-state index is 0.111. The van der Waals surface area contributed by atoms with Crippen LogP contribution in [0.15, 0.2) is 18.2 Å². The quantitative estimate of drug-likeness (QED) is 0.576. The van der Waals surface area contributed by atoms with E-state index in [-0.39, 0.29) is 36.6 Å². The maximum absolute atomic E-state index is 13.6. The number of ether oxygens (including phenoxy) is 1. The van der Waals surface area contributed by atoms with E-state index in [0.717, 1.165) is 35.9 Å². The summed E-state index contributed by atoms with van der Waals surface area (Å²) in [5, 5.41) is 2.04. The Morgan fingerprint density at radius 2 is 1.69 bits per heavy atom. The number of carbonyl (C=O) groups excluding carboxylic acids is 4. The number of para-hydroxylation sites is 1. The molecule has 0 bridgehead atoms. The van der Waals surface area contributed by atoms with Crippen molar-refractivity contribution in [2.75, 3.05) is 11.9 Å². The average molecular weight is 408 g/mol. The van der Waals surface area contributed by atoms with Crippen LogP contribution in [0.25, 0.3) is 0 Å². The number of likely N-dealkylation sites (tertiary alicyclic amines) is 1. The van der Waals surface area contributed by atoms with Crippen molar-refractivity contribution in [1.82, 2.24) is 4.90 Å². The van der Waals surface area contributed by atoms with Crippen molar-refractivity contribution >= 4 is 29.4 Å². The molecule has 2 aliphatic rings. The Labute approximate surface area is 166 Å². The van der Waals surface area contributed by atoms with Crippen molar-refractivity contribution in [3.05, 3.63) is 29.8 Å². The molecule has 0 spiro atoms. The monoisotopic (exact) mass is 408 g/mol. The first-order chi connectivity index (χ1) is 13.8. The fourth-order valence-corrected chi connectivity index (χ4v) is 3.81. The Morgan fingerprint density at radius 3 is 2.24 bits per heavy atom. The van der Waals surface area contributed by atoms with Crippen LogP contribution in [0, 0.1) is 23.5 Å². The van der Waals surface area contributed by atoms with E-state index in [2.05, 4.69) is 0 Å². The molecule has 3 atom stereocenters. The van der Waals surface area contributed by atoms with Crippen molar-refractivity contribution in [2.24, 2.45) is 11.8 Å². The molecule has 156 valence electrons. The summed E-state index contributed by atoms with van der Waals surface area (Å²) in [5.41, 5.74) is -0.628. The highest BCUT2D eigenvalue weighted by Crippen LogP contribution is 2.38. The lowest BCUT2D eigenvalue weighted by atomic mass is 9.81. The molecule has 1 aliphatic carbocycles. The Balaban J connectivity index is 1.51. The predicted molar refractivity (Wildman–Crippen MR) is 97.3 cm³/mol. The smallest absolute Gasteiger partial charge is 0.308 e. The minimum atomic E-state index is -1.31.